The van der Waals surface area contributed by atoms with Crippen molar-refractivity contribution in [3.63, 3.8) is 0 Å². The Labute approximate surface area is 99.3 Å². The molecular formula is C11H16BrN3. The van der Waals surface area contributed by atoms with Crippen LogP contribution in [-0.2, 0) is 0 Å². The van der Waals surface area contributed by atoms with Crippen LogP contribution in [0, 0.1) is 0 Å². The van der Waals surface area contributed by atoms with Gasteiger partial charge < -0.3 is 9.80 Å². The Morgan fingerprint density at radius 3 is 2.87 bits per heavy atom. The Hall–Kier alpha value is -0.610. The number of nitrogens with zero attached hydrogens (tertiary/aromatic N) is 3. The molecule has 0 aliphatic carbocycles. The van der Waals surface area contributed by atoms with Gasteiger partial charge in [-0.25, -0.2) is 0 Å². The van der Waals surface area contributed by atoms with E-state index < -0.39 is 0 Å². The molecule has 0 atom stereocenters. The maximum Gasteiger partial charge on any atom is 0.0463 e. The fourth-order valence-corrected chi connectivity index (χ4v) is 2.01. The summed E-state index contributed by atoms with van der Waals surface area (Å²) in [7, 11) is 4.27. The van der Waals surface area contributed by atoms with E-state index in [1.165, 1.54) is 5.70 Å². The molecule has 2 rings (SSSR count). The second-order valence-electron chi connectivity index (χ2n) is 4.21. The standard InChI is InChI=1S/C11H16BrN3/c1-14(2)11-7-15(8-11)10-4-3-9(12)5-13-6-10/h3,5-6,11H,4,7-8H2,1-2H3. The highest BCUT2D eigenvalue weighted by Crippen LogP contribution is 2.23. The quantitative estimate of drug-likeness (QED) is 0.762. The maximum absolute atomic E-state index is 4.25. The topological polar surface area (TPSA) is 18.8 Å². The van der Waals surface area contributed by atoms with Gasteiger partial charge in [-0.3, -0.25) is 4.99 Å². The molecule has 2 heterocycles. The molecule has 1 saturated heterocycles. The third kappa shape index (κ3) is 2.49. The highest BCUT2D eigenvalue weighted by Gasteiger charge is 2.29. The van der Waals surface area contributed by atoms with Crippen molar-refractivity contribution in [1.29, 1.82) is 0 Å². The highest BCUT2D eigenvalue weighted by atomic mass is 79.9. The predicted octanol–water partition coefficient (Wildman–Crippen LogP) is 1.83. The zero-order chi connectivity index (χ0) is 10.8. The minimum Gasteiger partial charge on any atom is -0.370 e. The van der Waals surface area contributed by atoms with Crippen LogP contribution in [0.3, 0.4) is 0 Å². The number of allylic oxidation sites excluding steroid dienone is 2. The molecule has 0 unspecified atom stereocenters. The summed E-state index contributed by atoms with van der Waals surface area (Å²) in [4.78, 5) is 8.92. The maximum atomic E-state index is 4.25. The molecule has 0 aromatic heterocycles. The Balaban J connectivity index is 1.92. The summed E-state index contributed by atoms with van der Waals surface area (Å²) in [5, 5.41) is 0. The van der Waals surface area contributed by atoms with Gasteiger partial charge >= 0.3 is 0 Å². The van der Waals surface area contributed by atoms with E-state index in [-0.39, 0.29) is 0 Å². The van der Waals surface area contributed by atoms with E-state index in [0.717, 1.165) is 24.0 Å². The number of aliphatic imine (C=N–C) groups is 1. The summed E-state index contributed by atoms with van der Waals surface area (Å²) in [6.07, 6.45) is 6.94. The molecule has 82 valence electrons. The molecule has 3 nitrogen and oxygen atoms in total. The average Bonchev–Trinajstić information content (AvgIpc) is 2.28. The molecule has 2 aliphatic rings. The van der Waals surface area contributed by atoms with Crippen LogP contribution < -0.4 is 0 Å². The van der Waals surface area contributed by atoms with Crippen LogP contribution in [0.4, 0.5) is 0 Å². The van der Waals surface area contributed by atoms with Crippen LogP contribution in [-0.4, -0.2) is 49.2 Å². The minimum atomic E-state index is 0.700. The van der Waals surface area contributed by atoms with Gasteiger partial charge in [0.1, 0.15) is 0 Å². The lowest BCUT2D eigenvalue weighted by Crippen LogP contribution is -2.56. The van der Waals surface area contributed by atoms with Crippen LogP contribution in [0.25, 0.3) is 0 Å². The Morgan fingerprint density at radius 2 is 2.20 bits per heavy atom. The molecule has 0 N–H and O–H groups in total. The van der Waals surface area contributed by atoms with Gasteiger partial charge in [-0.1, -0.05) is 6.08 Å². The fraction of sp³-hybridized carbons (Fsp3) is 0.545. The first-order valence-electron chi connectivity index (χ1n) is 5.16. The summed E-state index contributed by atoms with van der Waals surface area (Å²) in [6, 6.07) is 0.700. The first-order valence-corrected chi connectivity index (χ1v) is 5.95. The monoisotopic (exact) mass is 269 g/mol. The van der Waals surface area contributed by atoms with Crippen molar-refractivity contribution in [3.8, 4) is 0 Å². The predicted molar refractivity (Wildman–Crippen MR) is 67.3 cm³/mol. The smallest absolute Gasteiger partial charge is 0.0463 e. The molecule has 0 spiro atoms. The lowest BCUT2D eigenvalue weighted by molar-refractivity contribution is 0.0921. The normalized spacial score (nSPS) is 22.3. The third-order valence-corrected chi connectivity index (χ3v) is 3.45. The minimum absolute atomic E-state index is 0.700. The van der Waals surface area contributed by atoms with E-state index in [1.807, 2.05) is 12.4 Å². The van der Waals surface area contributed by atoms with Crippen LogP contribution in [0.5, 0.6) is 0 Å². The number of likely N-dealkylation sites (N-methyl/N-ethyl adjacent to an activating group) is 1. The van der Waals surface area contributed by atoms with Crippen molar-refractivity contribution in [2.45, 2.75) is 12.5 Å². The van der Waals surface area contributed by atoms with Gasteiger partial charge in [0, 0.05) is 48.1 Å². The van der Waals surface area contributed by atoms with Crippen LogP contribution in [0.2, 0.25) is 0 Å². The van der Waals surface area contributed by atoms with Crippen molar-refractivity contribution in [1.82, 2.24) is 9.80 Å². The average molecular weight is 270 g/mol. The fourth-order valence-electron chi connectivity index (χ4n) is 1.73. The van der Waals surface area contributed by atoms with Crippen molar-refractivity contribution in [2.75, 3.05) is 27.2 Å². The number of rotatable bonds is 2. The molecule has 0 saturated carbocycles. The molecule has 0 aromatic carbocycles. The van der Waals surface area contributed by atoms with Crippen LogP contribution in [0.15, 0.2) is 27.4 Å². The van der Waals surface area contributed by atoms with Gasteiger partial charge in [0.25, 0.3) is 0 Å². The van der Waals surface area contributed by atoms with Gasteiger partial charge in [0.2, 0.25) is 0 Å². The van der Waals surface area contributed by atoms with Gasteiger partial charge in [-0.15, -0.1) is 0 Å². The Morgan fingerprint density at radius 1 is 1.47 bits per heavy atom. The summed E-state index contributed by atoms with van der Waals surface area (Å²) in [6.45, 7) is 2.25. The second-order valence-corrected chi connectivity index (χ2v) is 5.13. The Kier molecular flexibility index (Phi) is 3.26. The molecule has 15 heavy (non-hydrogen) atoms. The van der Waals surface area contributed by atoms with E-state index >= 15 is 0 Å². The van der Waals surface area contributed by atoms with Crippen LogP contribution >= 0.6 is 15.9 Å². The van der Waals surface area contributed by atoms with E-state index in [4.69, 9.17) is 0 Å². The first-order chi connectivity index (χ1) is 7.16. The van der Waals surface area contributed by atoms with E-state index in [2.05, 4.69) is 50.9 Å². The first kappa shape index (κ1) is 10.9. The van der Waals surface area contributed by atoms with Gasteiger partial charge in [-0.05, 0) is 30.0 Å². The lowest BCUT2D eigenvalue weighted by atomic mass is 10.1. The van der Waals surface area contributed by atoms with Gasteiger partial charge in [-0.2, -0.15) is 0 Å². The molecular weight excluding hydrogens is 254 g/mol. The van der Waals surface area contributed by atoms with Crippen molar-refractivity contribution < 1.29 is 0 Å². The summed E-state index contributed by atoms with van der Waals surface area (Å²) >= 11 is 3.44. The van der Waals surface area contributed by atoms with Crippen molar-refractivity contribution >= 4 is 22.1 Å². The van der Waals surface area contributed by atoms with Gasteiger partial charge in [0.15, 0.2) is 0 Å². The molecule has 0 bridgehead atoms. The molecule has 1 fully saturated rings. The second kappa shape index (κ2) is 4.49. The SMILES string of the molecule is CN(C)C1CN(C2=CN=CC(Br)=CC2)C1. The summed E-state index contributed by atoms with van der Waals surface area (Å²) in [5.41, 5.74) is 1.32. The zero-order valence-electron chi connectivity index (χ0n) is 9.15. The highest BCUT2D eigenvalue weighted by molar-refractivity contribution is 9.12. The number of halogens is 1. The van der Waals surface area contributed by atoms with E-state index in [9.17, 15) is 0 Å². The van der Waals surface area contributed by atoms with Crippen molar-refractivity contribution in [2.24, 2.45) is 4.99 Å². The number of hydrogen-bond donors (Lipinski definition) is 0. The summed E-state index contributed by atoms with van der Waals surface area (Å²) in [5.74, 6) is 0. The third-order valence-electron chi connectivity index (χ3n) is 2.93. The van der Waals surface area contributed by atoms with Crippen molar-refractivity contribution in [3.05, 3.63) is 22.5 Å². The van der Waals surface area contributed by atoms with E-state index in [0.29, 0.717) is 6.04 Å². The van der Waals surface area contributed by atoms with Crippen LogP contribution in [0.1, 0.15) is 6.42 Å². The number of likely N-dealkylation sites (tertiary alicyclic amines) is 1. The summed E-state index contributed by atoms with van der Waals surface area (Å²) < 4.78 is 1.07. The lowest BCUT2D eigenvalue weighted by Gasteiger charge is -2.45. The number of hydrogen-bond acceptors (Lipinski definition) is 3. The molecule has 2 aliphatic heterocycles. The Bertz CT molecular complexity index is 322. The largest absolute Gasteiger partial charge is 0.370 e. The molecule has 0 aromatic rings. The molecule has 4 heteroatoms. The van der Waals surface area contributed by atoms with E-state index in [1.54, 1.807) is 0 Å². The zero-order valence-corrected chi connectivity index (χ0v) is 10.7. The molecule has 0 amide bonds. The van der Waals surface area contributed by atoms with Gasteiger partial charge in [0.05, 0.1) is 0 Å². The molecule has 0 radical (unpaired) electrons.